The summed E-state index contributed by atoms with van der Waals surface area (Å²) >= 11 is 0. The van der Waals surface area contributed by atoms with E-state index in [1.165, 1.54) is 17.4 Å². The van der Waals surface area contributed by atoms with Gasteiger partial charge in [0.1, 0.15) is 0 Å². The molecule has 1 atom stereocenters. The highest BCUT2D eigenvalue weighted by Crippen LogP contribution is 2.37. The van der Waals surface area contributed by atoms with Crippen molar-refractivity contribution in [1.29, 1.82) is 0 Å². The van der Waals surface area contributed by atoms with Crippen molar-refractivity contribution in [2.75, 3.05) is 27.2 Å². The minimum absolute atomic E-state index is 0.200. The number of benzene rings is 1. The summed E-state index contributed by atoms with van der Waals surface area (Å²) < 4.78 is 0. The zero-order valence-corrected chi connectivity index (χ0v) is 15.1. The molecule has 0 spiro atoms. The molecule has 0 aromatic heterocycles. The second kappa shape index (κ2) is 7.18. The molecule has 0 radical (unpaired) electrons. The van der Waals surface area contributed by atoms with Crippen LogP contribution in [0.4, 0.5) is 0 Å². The van der Waals surface area contributed by atoms with Crippen molar-refractivity contribution in [3.8, 4) is 0 Å². The number of hydrogen-bond acceptors (Lipinski definition) is 3. The highest BCUT2D eigenvalue weighted by Gasteiger charge is 2.42. The number of carbonyl (C=O) groups excluding carboxylic acids is 2. The lowest BCUT2D eigenvalue weighted by Crippen LogP contribution is -3.06. The first kappa shape index (κ1) is 18.2. The Labute approximate surface area is 143 Å². The molecule has 1 aliphatic heterocycles. The summed E-state index contributed by atoms with van der Waals surface area (Å²) in [5.74, 6) is -0.721. The van der Waals surface area contributed by atoms with Gasteiger partial charge in [0.15, 0.2) is 11.5 Å². The Bertz CT molecular complexity index is 660. The van der Waals surface area contributed by atoms with Gasteiger partial charge in [-0.2, -0.15) is 0 Å². The van der Waals surface area contributed by atoms with E-state index in [0.717, 1.165) is 12.1 Å². The average molecular weight is 331 g/mol. The first-order chi connectivity index (χ1) is 11.2. The fourth-order valence-electron chi connectivity index (χ4n) is 3.00. The zero-order chi connectivity index (χ0) is 18.0. The van der Waals surface area contributed by atoms with Gasteiger partial charge in [0.25, 0.3) is 5.91 Å². The molecule has 0 unspecified atom stereocenters. The molecular weight excluding hydrogens is 304 g/mol. The van der Waals surface area contributed by atoms with E-state index in [1.807, 2.05) is 38.4 Å². The molecule has 0 saturated heterocycles. The monoisotopic (exact) mass is 331 g/mol. The van der Waals surface area contributed by atoms with Gasteiger partial charge in [0.2, 0.25) is 0 Å². The number of hydrogen-bond donors (Lipinski definition) is 2. The molecule has 2 rings (SSSR count). The van der Waals surface area contributed by atoms with E-state index in [-0.39, 0.29) is 11.4 Å². The Morgan fingerprint density at radius 1 is 1.25 bits per heavy atom. The van der Waals surface area contributed by atoms with Crippen LogP contribution < -0.4 is 4.90 Å². The van der Waals surface area contributed by atoms with Crippen LogP contribution in [-0.4, -0.2) is 48.9 Å². The van der Waals surface area contributed by atoms with E-state index in [1.54, 1.807) is 4.90 Å². The van der Waals surface area contributed by atoms with Crippen LogP contribution in [0.25, 0.3) is 0 Å². The van der Waals surface area contributed by atoms with Gasteiger partial charge in [-0.3, -0.25) is 9.59 Å². The third kappa shape index (κ3) is 3.51. The molecule has 1 aromatic rings. The molecule has 1 heterocycles. The van der Waals surface area contributed by atoms with Crippen molar-refractivity contribution in [2.24, 2.45) is 0 Å². The molecule has 24 heavy (non-hydrogen) atoms. The first-order valence-electron chi connectivity index (χ1n) is 8.38. The van der Waals surface area contributed by atoms with Gasteiger partial charge in [-0.1, -0.05) is 38.1 Å². The van der Waals surface area contributed by atoms with E-state index in [4.69, 9.17) is 0 Å². The summed E-state index contributed by atoms with van der Waals surface area (Å²) in [4.78, 5) is 27.3. The maximum absolute atomic E-state index is 12.4. The number of rotatable bonds is 6. The van der Waals surface area contributed by atoms with Gasteiger partial charge in [-0.05, 0) is 24.0 Å². The van der Waals surface area contributed by atoms with Gasteiger partial charge in [-0.25, -0.2) is 0 Å². The molecule has 1 aliphatic rings. The summed E-state index contributed by atoms with van der Waals surface area (Å²) in [6.07, 6.45) is 0. The second-order valence-electron chi connectivity index (χ2n) is 7.00. The van der Waals surface area contributed by atoms with Crippen LogP contribution in [0.2, 0.25) is 0 Å². The zero-order valence-electron chi connectivity index (χ0n) is 15.1. The molecule has 5 heteroatoms. The Morgan fingerprint density at radius 3 is 2.29 bits per heavy atom. The lowest BCUT2D eigenvalue weighted by molar-refractivity contribution is -0.857. The summed E-state index contributed by atoms with van der Waals surface area (Å²) in [5, 5.41) is 10.2. The predicted molar refractivity (Wildman–Crippen MR) is 93.0 cm³/mol. The summed E-state index contributed by atoms with van der Waals surface area (Å²) in [6.45, 7) is 6.86. The lowest BCUT2D eigenvalue weighted by atomic mass is 9.94. The van der Waals surface area contributed by atoms with Gasteiger partial charge >= 0.3 is 0 Å². The van der Waals surface area contributed by atoms with Crippen molar-refractivity contribution in [3.63, 3.8) is 0 Å². The van der Waals surface area contributed by atoms with Crippen LogP contribution in [-0.2, 0) is 9.59 Å². The lowest BCUT2D eigenvalue weighted by Gasteiger charge is -2.27. The van der Waals surface area contributed by atoms with Crippen LogP contribution in [0.5, 0.6) is 0 Å². The quantitative estimate of drug-likeness (QED) is 0.824. The third-order valence-corrected chi connectivity index (χ3v) is 4.45. The van der Waals surface area contributed by atoms with Crippen molar-refractivity contribution in [1.82, 2.24) is 4.90 Å². The molecule has 1 aromatic carbocycles. The van der Waals surface area contributed by atoms with Crippen molar-refractivity contribution in [2.45, 2.75) is 32.7 Å². The van der Waals surface area contributed by atoms with Gasteiger partial charge in [0.05, 0.1) is 38.8 Å². The average Bonchev–Trinajstić information content (AvgIpc) is 2.77. The highest BCUT2D eigenvalue weighted by atomic mass is 16.3. The van der Waals surface area contributed by atoms with E-state index in [2.05, 4.69) is 13.8 Å². The third-order valence-electron chi connectivity index (χ3n) is 4.45. The van der Waals surface area contributed by atoms with Crippen molar-refractivity contribution >= 4 is 11.7 Å². The first-order valence-corrected chi connectivity index (χ1v) is 8.38. The minimum Gasteiger partial charge on any atom is -0.503 e. The number of quaternary nitrogens is 1. The van der Waals surface area contributed by atoms with Gasteiger partial charge in [-0.15, -0.1) is 0 Å². The van der Waals surface area contributed by atoms with E-state index in [9.17, 15) is 14.7 Å². The summed E-state index contributed by atoms with van der Waals surface area (Å²) in [7, 11) is 4.01. The Kier molecular flexibility index (Phi) is 5.44. The van der Waals surface area contributed by atoms with Crippen LogP contribution in [0.1, 0.15) is 43.9 Å². The molecule has 0 fully saturated rings. The largest absolute Gasteiger partial charge is 0.503 e. The molecule has 2 N–H and O–H groups in total. The van der Waals surface area contributed by atoms with Crippen LogP contribution >= 0.6 is 0 Å². The highest BCUT2D eigenvalue weighted by molar-refractivity contribution is 6.08. The van der Waals surface area contributed by atoms with Crippen molar-refractivity contribution < 1.29 is 19.6 Å². The number of ketones is 1. The van der Waals surface area contributed by atoms with E-state index >= 15 is 0 Å². The molecule has 0 saturated carbocycles. The molecule has 0 bridgehead atoms. The number of Topliss-reactive ketones (excluding diaryl/α,β-unsaturated/α-hetero) is 1. The number of aliphatic hydroxyl groups excluding tert-OH is 1. The predicted octanol–water partition coefficient (Wildman–Crippen LogP) is 1.24. The van der Waals surface area contributed by atoms with Crippen LogP contribution in [0.15, 0.2) is 35.6 Å². The molecular formula is C19H27N2O3+. The number of aliphatic hydroxyl groups is 1. The van der Waals surface area contributed by atoms with E-state index in [0.29, 0.717) is 12.5 Å². The maximum atomic E-state index is 12.4. The molecule has 0 aliphatic carbocycles. The van der Waals surface area contributed by atoms with Crippen molar-refractivity contribution in [3.05, 3.63) is 46.7 Å². The topological polar surface area (TPSA) is 62.0 Å². The number of likely N-dealkylation sites (N-methyl/N-ethyl adjacent to an activating group) is 1. The standard InChI is InChI=1S/C19H26N2O3/c1-12(2)14-6-8-15(9-7-14)17-16(13(3)22)18(23)19(24)21(17)11-10-20(4)5/h6-9,12,17,23H,10-11H2,1-5H3/p+1/t17-/m0/s1. The van der Waals surface area contributed by atoms with Crippen LogP contribution in [0.3, 0.4) is 0 Å². The van der Waals surface area contributed by atoms with Crippen LogP contribution in [0, 0.1) is 0 Å². The Balaban J connectivity index is 2.42. The maximum Gasteiger partial charge on any atom is 0.290 e. The smallest absolute Gasteiger partial charge is 0.290 e. The number of nitrogens with one attached hydrogen (secondary N) is 1. The van der Waals surface area contributed by atoms with E-state index < -0.39 is 17.7 Å². The normalized spacial score (nSPS) is 18.2. The minimum atomic E-state index is -0.504. The number of amides is 1. The SMILES string of the molecule is CC(=O)C1=C(O)C(=O)N(CC[NH+](C)C)[C@H]1c1ccc(C(C)C)cc1. The summed E-state index contributed by atoms with van der Waals surface area (Å²) in [5.41, 5.74) is 2.26. The Morgan fingerprint density at radius 2 is 1.83 bits per heavy atom. The molecule has 1 amide bonds. The second-order valence-corrected chi connectivity index (χ2v) is 7.00. The fourth-order valence-corrected chi connectivity index (χ4v) is 3.00. The molecule has 5 nitrogen and oxygen atoms in total. The Hall–Kier alpha value is -2.14. The van der Waals surface area contributed by atoms with Gasteiger partial charge < -0.3 is 14.9 Å². The fraction of sp³-hybridized carbons (Fsp3) is 0.474. The summed E-state index contributed by atoms with van der Waals surface area (Å²) in [6, 6.07) is 7.44. The number of carbonyl (C=O) groups is 2. The molecule has 130 valence electrons. The number of nitrogens with zero attached hydrogens (tertiary/aromatic N) is 1. The van der Waals surface area contributed by atoms with Gasteiger partial charge in [0, 0.05) is 0 Å².